The number of aryl methyl sites for hydroxylation is 4. The standard InChI is InChI=1S/C28H36N2O4/c1-19-5-7-23(13-21(19)3)29-15-25(31)17-33-27-9-11-28(12-10-27)34-18-26(32)16-30-24-8-6-20(2)22(4)14-24/h5-14,25-26,29-32H,15-18H2,1-4H3/t25-,26-/m1/s1. The number of aliphatic hydroxyl groups is 2. The number of nitrogens with one attached hydrogen (secondary N) is 2. The second-order valence-electron chi connectivity index (χ2n) is 8.76. The molecule has 2 atom stereocenters. The van der Waals surface area contributed by atoms with E-state index in [9.17, 15) is 10.2 Å². The van der Waals surface area contributed by atoms with E-state index < -0.39 is 12.2 Å². The van der Waals surface area contributed by atoms with Crippen molar-refractivity contribution < 1.29 is 19.7 Å². The topological polar surface area (TPSA) is 83.0 Å². The molecule has 0 fully saturated rings. The number of hydrogen-bond donors (Lipinski definition) is 4. The van der Waals surface area contributed by atoms with E-state index in [4.69, 9.17) is 9.47 Å². The number of ether oxygens (including phenoxy) is 2. The highest BCUT2D eigenvalue weighted by Crippen LogP contribution is 2.19. The Bertz CT molecular complexity index is 968. The quantitative estimate of drug-likeness (QED) is 0.313. The summed E-state index contributed by atoms with van der Waals surface area (Å²) < 4.78 is 11.4. The van der Waals surface area contributed by atoms with E-state index in [0.717, 1.165) is 11.4 Å². The Balaban J connectivity index is 1.35. The van der Waals surface area contributed by atoms with Crippen LogP contribution in [0.15, 0.2) is 60.7 Å². The van der Waals surface area contributed by atoms with Crippen LogP contribution in [0, 0.1) is 27.7 Å². The van der Waals surface area contributed by atoms with Crippen LogP contribution in [0.5, 0.6) is 11.5 Å². The van der Waals surface area contributed by atoms with E-state index >= 15 is 0 Å². The maximum absolute atomic E-state index is 10.2. The average molecular weight is 465 g/mol. The minimum Gasteiger partial charge on any atom is -0.491 e. The van der Waals surface area contributed by atoms with Gasteiger partial charge in [-0.05, 0) is 98.5 Å². The van der Waals surface area contributed by atoms with Crippen molar-refractivity contribution in [1.29, 1.82) is 0 Å². The zero-order valence-corrected chi connectivity index (χ0v) is 20.5. The third-order valence-electron chi connectivity index (χ3n) is 5.81. The number of benzene rings is 3. The molecular weight excluding hydrogens is 428 g/mol. The number of anilines is 2. The van der Waals surface area contributed by atoms with Gasteiger partial charge < -0.3 is 30.3 Å². The summed E-state index contributed by atoms with van der Waals surface area (Å²) in [5, 5.41) is 26.9. The van der Waals surface area contributed by atoms with Gasteiger partial charge in [0.25, 0.3) is 0 Å². The first-order chi connectivity index (χ1) is 16.3. The molecule has 4 N–H and O–H groups in total. The summed E-state index contributed by atoms with van der Waals surface area (Å²) in [6, 6.07) is 19.4. The molecule has 0 heterocycles. The fraction of sp³-hybridized carbons (Fsp3) is 0.357. The van der Waals surface area contributed by atoms with Crippen LogP contribution in [-0.4, -0.2) is 48.7 Å². The van der Waals surface area contributed by atoms with Crippen molar-refractivity contribution in [1.82, 2.24) is 0 Å². The highest BCUT2D eigenvalue weighted by Gasteiger charge is 2.08. The lowest BCUT2D eigenvalue weighted by Gasteiger charge is -2.16. The predicted octanol–water partition coefficient (Wildman–Crippen LogP) is 4.62. The molecule has 182 valence electrons. The first-order valence-electron chi connectivity index (χ1n) is 11.6. The molecular formula is C28H36N2O4. The van der Waals surface area contributed by atoms with Crippen LogP contribution in [0.4, 0.5) is 11.4 Å². The molecule has 0 amide bonds. The Hall–Kier alpha value is -3.22. The van der Waals surface area contributed by atoms with Crippen LogP contribution in [0.1, 0.15) is 22.3 Å². The molecule has 0 unspecified atom stereocenters. The zero-order valence-electron chi connectivity index (χ0n) is 20.5. The van der Waals surface area contributed by atoms with Crippen molar-refractivity contribution in [2.75, 3.05) is 36.9 Å². The molecule has 0 aliphatic carbocycles. The molecule has 3 aromatic carbocycles. The van der Waals surface area contributed by atoms with Crippen LogP contribution < -0.4 is 20.1 Å². The highest BCUT2D eigenvalue weighted by atomic mass is 16.5. The molecule has 0 aliphatic heterocycles. The third kappa shape index (κ3) is 7.97. The lowest BCUT2D eigenvalue weighted by atomic mass is 10.1. The molecule has 3 aromatic rings. The molecule has 0 aliphatic rings. The molecule has 3 rings (SSSR count). The fourth-order valence-electron chi connectivity index (χ4n) is 3.31. The largest absolute Gasteiger partial charge is 0.491 e. The third-order valence-corrected chi connectivity index (χ3v) is 5.81. The monoisotopic (exact) mass is 464 g/mol. The van der Waals surface area contributed by atoms with Crippen molar-refractivity contribution in [3.05, 3.63) is 82.9 Å². The summed E-state index contributed by atoms with van der Waals surface area (Å²) in [5.41, 5.74) is 6.87. The normalized spacial score (nSPS) is 12.6. The van der Waals surface area contributed by atoms with Gasteiger partial charge in [-0.25, -0.2) is 0 Å². The summed E-state index contributed by atoms with van der Waals surface area (Å²) in [5.74, 6) is 1.30. The van der Waals surface area contributed by atoms with Gasteiger partial charge in [0.1, 0.15) is 36.9 Å². The van der Waals surface area contributed by atoms with Crippen molar-refractivity contribution in [3.63, 3.8) is 0 Å². The van der Waals surface area contributed by atoms with Crippen molar-refractivity contribution in [2.45, 2.75) is 39.9 Å². The minimum atomic E-state index is -0.641. The fourth-order valence-corrected chi connectivity index (χ4v) is 3.31. The van der Waals surface area contributed by atoms with Crippen LogP contribution in [0.2, 0.25) is 0 Å². The zero-order chi connectivity index (χ0) is 24.5. The molecule has 0 saturated heterocycles. The van der Waals surface area contributed by atoms with Crippen molar-refractivity contribution in [2.24, 2.45) is 0 Å². The first kappa shape index (κ1) is 25.4. The Kier molecular flexibility index (Phi) is 9.19. The van der Waals surface area contributed by atoms with E-state index in [1.54, 1.807) is 24.3 Å². The Labute approximate surface area is 202 Å². The molecule has 6 nitrogen and oxygen atoms in total. The van der Waals surface area contributed by atoms with Gasteiger partial charge in [0.05, 0.1) is 0 Å². The maximum atomic E-state index is 10.2. The van der Waals surface area contributed by atoms with Gasteiger partial charge >= 0.3 is 0 Å². The highest BCUT2D eigenvalue weighted by molar-refractivity contribution is 5.49. The molecule has 0 bridgehead atoms. The average Bonchev–Trinajstić information content (AvgIpc) is 2.83. The SMILES string of the molecule is Cc1ccc(NC[C@@H](O)COc2ccc(OC[C@H](O)CNc3ccc(C)c(C)c3)cc2)cc1C. The van der Waals surface area contributed by atoms with E-state index in [0.29, 0.717) is 24.6 Å². The van der Waals surface area contributed by atoms with Gasteiger partial charge in [0.2, 0.25) is 0 Å². The van der Waals surface area contributed by atoms with Gasteiger partial charge in [-0.2, -0.15) is 0 Å². The molecule has 34 heavy (non-hydrogen) atoms. The smallest absolute Gasteiger partial charge is 0.119 e. The maximum Gasteiger partial charge on any atom is 0.119 e. The molecule has 6 heteroatoms. The van der Waals surface area contributed by atoms with Crippen LogP contribution in [0.25, 0.3) is 0 Å². The van der Waals surface area contributed by atoms with Crippen LogP contribution >= 0.6 is 0 Å². The Morgan fingerprint density at radius 3 is 1.32 bits per heavy atom. The second kappa shape index (κ2) is 12.3. The van der Waals surface area contributed by atoms with Gasteiger partial charge in [0, 0.05) is 24.5 Å². The lowest BCUT2D eigenvalue weighted by molar-refractivity contribution is 0.115. The molecule has 0 spiro atoms. The van der Waals surface area contributed by atoms with Crippen LogP contribution in [0.3, 0.4) is 0 Å². The predicted molar refractivity (Wildman–Crippen MR) is 138 cm³/mol. The number of aliphatic hydroxyl groups excluding tert-OH is 2. The summed E-state index contributed by atoms with van der Waals surface area (Å²) >= 11 is 0. The van der Waals surface area contributed by atoms with Crippen molar-refractivity contribution >= 4 is 11.4 Å². The summed E-state index contributed by atoms with van der Waals surface area (Å²) in [6.07, 6.45) is -1.28. The summed E-state index contributed by atoms with van der Waals surface area (Å²) in [4.78, 5) is 0. The number of hydrogen-bond acceptors (Lipinski definition) is 6. The number of rotatable bonds is 12. The van der Waals surface area contributed by atoms with Gasteiger partial charge in [-0.3, -0.25) is 0 Å². The second-order valence-corrected chi connectivity index (χ2v) is 8.76. The molecule has 0 radical (unpaired) electrons. The molecule has 0 aromatic heterocycles. The van der Waals surface area contributed by atoms with E-state index in [1.165, 1.54) is 22.3 Å². The minimum absolute atomic E-state index is 0.181. The lowest BCUT2D eigenvalue weighted by Crippen LogP contribution is -2.26. The van der Waals surface area contributed by atoms with Crippen molar-refractivity contribution in [3.8, 4) is 11.5 Å². The van der Waals surface area contributed by atoms with E-state index in [2.05, 4.69) is 62.6 Å². The van der Waals surface area contributed by atoms with E-state index in [1.807, 2.05) is 12.1 Å². The molecule has 0 saturated carbocycles. The first-order valence-corrected chi connectivity index (χ1v) is 11.6. The van der Waals surface area contributed by atoms with Gasteiger partial charge in [0.15, 0.2) is 0 Å². The van der Waals surface area contributed by atoms with Gasteiger partial charge in [-0.1, -0.05) is 12.1 Å². The van der Waals surface area contributed by atoms with Gasteiger partial charge in [-0.15, -0.1) is 0 Å². The summed E-state index contributed by atoms with van der Waals surface area (Å²) in [7, 11) is 0. The van der Waals surface area contributed by atoms with Crippen LogP contribution in [-0.2, 0) is 0 Å². The Morgan fingerprint density at radius 2 is 0.971 bits per heavy atom. The van der Waals surface area contributed by atoms with E-state index in [-0.39, 0.29) is 13.2 Å². The Morgan fingerprint density at radius 1 is 0.588 bits per heavy atom. The summed E-state index contributed by atoms with van der Waals surface area (Å²) in [6.45, 7) is 9.45.